The van der Waals surface area contributed by atoms with Gasteiger partial charge in [0, 0.05) is 31.2 Å². The summed E-state index contributed by atoms with van der Waals surface area (Å²) in [6.07, 6.45) is 4.89. The standard InChI is InChI=1S/C31H43N5O6/c1-20-17-36(21(2)19-37)29(38)25-11-8-12-26(34-30(39)32-23-13-15-24(41-4)16-14-23)28(25)42-27(20)18-35(3)31(40)33-22-9-6-5-7-10-22/h8,11-16,20-22,27,37H,5-7,9-10,17-19H2,1-4H3,(H,33,40)(H2,32,34,39)/t20-,21-,27-/m1/s1. The minimum Gasteiger partial charge on any atom is -0.497 e. The van der Waals surface area contributed by atoms with Crippen LogP contribution in [0, 0.1) is 5.92 Å². The molecule has 1 heterocycles. The third kappa shape index (κ3) is 7.64. The summed E-state index contributed by atoms with van der Waals surface area (Å²) in [7, 11) is 3.30. The molecule has 2 aromatic rings. The van der Waals surface area contributed by atoms with Crippen LogP contribution in [0.15, 0.2) is 42.5 Å². The summed E-state index contributed by atoms with van der Waals surface area (Å²) in [4.78, 5) is 43.0. The molecule has 4 N–H and O–H groups in total. The van der Waals surface area contributed by atoms with Crippen molar-refractivity contribution in [2.45, 2.75) is 64.1 Å². The summed E-state index contributed by atoms with van der Waals surface area (Å²) in [6, 6.07) is 11.0. The highest BCUT2D eigenvalue weighted by atomic mass is 16.5. The van der Waals surface area contributed by atoms with E-state index in [1.807, 2.05) is 6.92 Å². The monoisotopic (exact) mass is 581 g/mol. The van der Waals surface area contributed by atoms with E-state index >= 15 is 0 Å². The second-order valence-corrected chi connectivity index (χ2v) is 11.3. The maximum atomic E-state index is 13.7. The normalized spacial score (nSPS) is 19.8. The lowest BCUT2D eigenvalue weighted by molar-refractivity contribution is 0.0368. The van der Waals surface area contributed by atoms with E-state index in [0.717, 1.165) is 25.7 Å². The van der Waals surface area contributed by atoms with Crippen LogP contribution in [0.25, 0.3) is 0 Å². The number of fused-ring (bicyclic) bond motifs is 1. The highest BCUT2D eigenvalue weighted by molar-refractivity contribution is 6.04. The predicted molar refractivity (Wildman–Crippen MR) is 161 cm³/mol. The first-order valence-electron chi connectivity index (χ1n) is 14.6. The first kappa shape index (κ1) is 31.0. The molecule has 11 nitrogen and oxygen atoms in total. The Hall–Kier alpha value is -3.99. The smallest absolute Gasteiger partial charge is 0.323 e. The average Bonchev–Trinajstić information content (AvgIpc) is 2.99. The molecule has 0 spiro atoms. The molecule has 2 aliphatic rings. The van der Waals surface area contributed by atoms with Gasteiger partial charge in [-0.25, -0.2) is 9.59 Å². The number of anilines is 2. The van der Waals surface area contributed by atoms with Crippen molar-refractivity contribution in [1.82, 2.24) is 15.1 Å². The van der Waals surface area contributed by atoms with Gasteiger partial charge in [0.05, 0.1) is 37.6 Å². The number of ether oxygens (including phenoxy) is 2. The van der Waals surface area contributed by atoms with E-state index < -0.39 is 18.2 Å². The molecule has 4 rings (SSSR count). The van der Waals surface area contributed by atoms with Gasteiger partial charge >= 0.3 is 12.1 Å². The second-order valence-electron chi connectivity index (χ2n) is 11.3. The number of carbonyl (C=O) groups excluding carboxylic acids is 3. The van der Waals surface area contributed by atoms with Crippen molar-refractivity contribution in [1.29, 1.82) is 0 Å². The minimum absolute atomic E-state index is 0.165. The summed E-state index contributed by atoms with van der Waals surface area (Å²) < 4.78 is 11.7. The van der Waals surface area contributed by atoms with Gasteiger partial charge in [-0.05, 0) is 56.2 Å². The van der Waals surface area contributed by atoms with Crippen molar-refractivity contribution in [3.8, 4) is 11.5 Å². The topological polar surface area (TPSA) is 132 Å². The van der Waals surface area contributed by atoms with Gasteiger partial charge in [0.2, 0.25) is 0 Å². The molecule has 1 aliphatic heterocycles. The van der Waals surface area contributed by atoms with Crippen LogP contribution in [-0.2, 0) is 0 Å². The van der Waals surface area contributed by atoms with Gasteiger partial charge in [-0.1, -0.05) is 32.3 Å². The van der Waals surface area contributed by atoms with Crippen molar-refractivity contribution in [3.63, 3.8) is 0 Å². The molecule has 1 aliphatic carbocycles. The molecular weight excluding hydrogens is 538 g/mol. The van der Waals surface area contributed by atoms with E-state index in [1.54, 1.807) is 73.3 Å². The van der Waals surface area contributed by atoms with Crippen LogP contribution in [0.1, 0.15) is 56.3 Å². The number of aliphatic hydroxyl groups excluding tert-OH is 1. The van der Waals surface area contributed by atoms with Crippen LogP contribution in [-0.4, -0.2) is 84.9 Å². The molecule has 3 atom stereocenters. The Morgan fingerprint density at radius 1 is 1.12 bits per heavy atom. The fourth-order valence-electron chi connectivity index (χ4n) is 5.40. The Bertz CT molecular complexity index is 1230. The molecular formula is C31H43N5O6. The maximum Gasteiger partial charge on any atom is 0.323 e. The third-order valence-corrected chi connectivity index (χ3v) is 8.02. The number of urea groups is 2. The van der Waals surface area contributed by atoms with Crippen LogP contribution in [0.5, 0.6) is 11.5 Å². The van der Waals surface area contributed by atoms with E-state index in [-0.39, 0.29) is 48.4 Å². The molecule has 0 aromatic heterocycles. The number of hydrogen-bond acceptors (Lipinski definition) is 6. The number of para-hydroxylation sites is 1. The molecule has 0 bridgehead atoms. The van der Waals surface area contributed by atoms with E-state index in [2.05, 4.69) is 16.0 Å². The zero-order valence-electron chi connectivity index (χ0n) is 24.9. The van der Waals surface area contributed by atoms with E-state index in [1.165, 1.54) is 6.42 Å². The molecule has 0 radical (unpaired) electrons. The number of likely N-dealkylation sites (N-methyl/N-ethyl adjacent to an activating group) is 1. The van der Waals surface area contributed by atoms with Gasteiger partial charge in [-0.15, -0.1) is 0 Å². The fourth-order valence-corrected chi connectivity index (χ4v) is 5.40. The number of benzene rings is 2. The lowest BCUT2D eigenvalue weighted by Crippen LogP contribution is -2.52. The number of hydrogen-bond donors (Lipinski definition) is 4. The molecule has 11 heteroatoms. The zero-order chi connectivity index (χ0) is 30.2. The number of carbonyl (C=O) groups is 3. The Kier molecular flexibility index (Phi) is 10.5. The lowest BCUT2D eigenvalue weighted by atomic mass is 9.96. The Balaban J connectivity index is 1.58. The van der Waals surface area contributed by atoms with Crippen LogP contribution in [0.4, 0.5) is 21.0 Å². The Morgan fingerprint density at radius 3 is 2.50 bits per heavy atom. The van der Waals surface area contributed by atoms with E-state index in [0.29, 0.717) is 23.7 Å². The van der Waals surface area contributed by atoms with Gasteiger partial charge in [0.15, 0.2) is 5.75 Å². The summed E-state index contributed by atoms with van der Waals surface area (Å²) in [5.41, 5.74) is 1.14. The molecule has 0 unspecified atom stereocenters. The molecule has 2 aromatic carbocycles. The van der Waals surface area contributed by atoms with Gasteiger partial charge in [0.1, 0.15) is 11.9 Å². The van der Waals surface area contributed by atoms with Gasteiger partial charge in [0.25, 0.3) is 5.91 Å². The highest BCUT2D eigenvalue weighted by Crippen LogP contribution is 2.35. The number of nitrogens with one attached hydrogen (secondary N) is 3. The minimum atomic E-state index is -0.513. The van der Waals surface area contributed by atoms with E-state index in [4.69, 9.17) is 9.47 Å². The first-order valence-corrected chi connectivity index (χ1v) is 14.6. The van der Waals surface area contributed by atoms with Crippen LogP contribution < -0.4 is 25.4 Å². The Morgan fingerprint density at radius 2 is 1.83 bits per heavy atom. The lowest BCUT2D eigenvalue weighted by Gasteiger charge is -2.38. The van der Waals surface area contributed by atoms with Crippen LogP contribution in [0.2, 0.25) is 0 Å². The molecule has 5 amide bonds. The quantitative estimate of drug-likeness (QED) is 0.362. The number of rotatable bonds is 8. The number of aliphatic hydroxyl groups is 1. The van der Waals surface area contributed by atoms with Crippen LogP contribution >= 0.6 is 0 Å². The number of methoxy groups -OCH3 is 1. The molecule has 1 fully saturated rings. The number of amides is 5. The number of nitrogens with zero attached hydrogens (tertiary/aromatic N) is 2. The molecule has 228 valence electrons. The fraction of sp³-hybridized carbons (Fsp3) is 0.516. The van der Waals surface area contributed by atoms with Crippen molar-refractivity contribution < 1.29 is 29.0 Å². The maximum absolute atomic E-state index is 13.7. The largest absolute Gasteiger partial charge is 0.497 e. The molecule has 1 saturated carbocycles. The first-order chi connectivity index (χ1) is 20.2. The second kappa shape index (κ2) is 14.3. The summed E-state index contributed by atoms with van der Waals surface area (Å²) in [6.45, 7) is 4.14. The SMILES string of the molecule is COc1ccc(NC(=O)Nc2cccc3c2O[C@H](CN(C)C(=O)NC2CCCCC2)[C@H](C)CN([C@H](C)CO)C3=O)cc1. The molecule has 0 saturated heterocycles. The van der Waals surface area contributed by atoms with Crippen LogP contribution in [0.3, 0.4) is 0 Å². The zero-order valence-corrected chi connectivity index (χ0v) is 24.9. The Labute approximate surface area is 247 Å². The summed E-state index contributed by atoms with van der Waals surface area (Å²) in [5.74, 6) is 0.387. The van der Waals surface area contributed by atoms with Crippen molar-refractivity contribution in [3.05, 3.63) is 48.0 Å². The third-order valence-electron chi connectivity index (χ3n) is 8.02. The van der Waals surface area contributed by atoms with Gasteiger partial charge < -0.3 is 40.3 Å². The van der Waals surface area contributed by atoms with Crippen molar-refractivity contribution >= 4 is 29.3 Å². The predicted octanol–water partition coefficient (Wildman–Crippen LogP) is 4.53. The van der Waals surface area contributed by atoms with Crippen molar-refractivity contribution in [2.75, 3.05) is 44.5 Å². The average molecular weight is 582 g/mol. The molecule has 42 heavy (non-hydrogen) atoms. The van der Waals surface area contributed by atoms with Crippen molar-refractivity contribution in [2.24, 2.45) is 5.92 Å². The highest BCUT2D eigenvalue weighted by Gasteiger charge is 2.35. The van der Waals surface area contributed by atoms with E-state index in [9.17, 15) is 19.5 Å². The van der Waals surface area contributed by atoms with Gasteiger partial charge in [-0.3, -0.25) is 4.79 Å². The summed E-state index contributed by atoms with van der Waals surface area (Å²) in [5, 5.41) is 18.7. The summed E-state index contributed by atoms with van der Waals surface area (Å²) >= 11 is 0. The van der Waals surface area contributed by atoms with Gasteiger partial charge in [-0.2, -0.15) is 0 Å².